The summed E-state index contributed by atoms with van der Waals surface area (Å²) in [5, 5.41) is 0. The quantitative estimate of drug-likeness (QED) is 0.394. The number of carbonyl (C=O) groups is 2. The Kier molecular flexibility index (Phi) is 6.44. The van der Waals surface area contributed by atoms with Gasteiger partial charge >= 0.3 is 5.97 Å². The molecule has 0 bridgehead atoms. The van der Waals surface area contributed by atoms with Crippen molar-refractivity contribution >= 4 is 23.5 Å². The fourth-order valence-electron chi connectivity index (χ4n) is 2.59. The molecule has 0 aliphatic heterocycles. The van der Waals surface area contributed by atoms with Crippen molar-refractivity contribution in [1.82, 2.24) is 0 Å². The number of esters is 1. The summed E-state index contributed by atoms with van der Waals surface area (Å²) in [6.07, 6.45) is -0.358. The summed E-state index contributed by atoms with van der Waals surface area (Å²) in [5.74, 6) is -0.662. The summed E-state index contributed by atoms with van der Waals surface area (Å²) < 4.78 is 5.43. The van der Waals surface area contributed by atoms with Crippen LogP contribution in [-0.4, -0.2) is 17.9 Å². The highest BCUT2D eigenvalue weighted by atomic mass is 32.2. The lowest BCUT2D eigenvalue weighted by molar-refractivity contribution is 0.0277. The van der Waals surface area contributed by atoms with E-state index in [0.717, 1.165) is 9.79 Å². The average Bonchev–Trinajstić information content (AvgIpc) is 2.73. The molecule has 0 amide bonds. The van der Waals surface area contributed by atoms with Crippen molar-refractivity contribution < 1.29 is 14.3 Å². The molecule has 3 rings (SSSR count). The van der Waals surface area contributed by atoms with Crippen LogP contribution in [0.1, 0.15) is 34.1 Å². The first-order valence-electron chi connectivity index (χ1n) is 8.80. The normalized spacial score (nSPS) is 11.6. The Hall–Kier alpha value is -2.85. The topological polar surface area (TPSA) is 43.4 Å². The molecule has 0 fully saturated rings. The molecule has 0 saturated carbocycles. The molecule has 3 aromatic rings. The SMILES string of the molecule is CCC(OC(=O)c1ccccc1)C(=O)c1ccc(Sc2ccccc2)cc1. The summed E-state index contributed by atoms with van der Waals surface area (Å²) in [4.78, 5) is 27.1. The number of ketones is 1. The predicted octanol–water partition coefficient (Wildman–Crippen LogP) is 5.66. The van der Waals surface area contributed by atoms with Gasteiger partial charge in [-0.2, -0.15) is 0 Å². The smallest absolute Gasteiger partial charge is 0.338 e. The standard InChI is InChI=1S/C23H20O3S/c1-2-21(26-23(25)18-9-5-3-6-10-18)22(24)17-13-15-20(16-14-17)27-19-11-7-4-8-12-19/h3-16,21H,2H2,1H3. The molecule has 136 valence electrons. The van der Waals surface area contributed by atoms with Crippen LogP contribution < -0.4 is 0 Å². The Labute approximate surface area is 163 Å². The van der Waals surface area contributed by atoms with Crippen molar-refractivity contribution in [2.75, 3.05) is 0 Å². The zero-order chi connectivity index (χ0) is 19.1. The number of Topliss-reactive ketones (excluding diaryl/α,β-unsaturated/α-hetero) is 1. The average molecular weight is 376 g/mol. The van der Waals surface area contributed by atoms with E-state index in [1.165, 1.54) is 0 Å². The van der Waals surface area contributed by atoms with E-state index in [0.29, 0.717) is 17.5 Å². The molecule has 0 heterocycles. The molecule has 0 aromatic heterocycles. The predicted molar refractivity (Wildman–Crippen MR) is 107 cm³/mol. The van der Waals surface area contributed by atoms with Gasteiger partial charge in [0, 0.05) is 15.4 Å². The number of hydrogen-bond donors (Lipinski definition) is 0. The van der Waals surface area contributed by atoms with Crippen LogP contribution in [-0.2, 0) is 4.74 Å². The van der Waals surface area contributed by atoms with E-state index in [9.17, 15) is 9.59 Å². The van der Waals surface area contributed by atoms with E-state index in [1.54, 1.807) is 48.2 Å². The molecule has 4 heteroatoms. The van der Waals surface area contributed by atoms with Gasteiger partial charge in [-0.15, -0.1) is 0 Å². The maximum atomic E-state index is 12.7. The van der Waals surface area contributed by atoms with E-state index >= 15 is 0 Å². The van der Waals surface area contributed by atoms with Crippen LogP contribution in [0.25, 0.3) is 0 Å². The molecule has 3 nitrogen and oxygen atoms in total. The second-order valence-corrected chi connectivity index (χ2v) is 7.12. The zero-order valence-electron chi connectivity index (χ0n) is 15.0. The molecule has 1 atom stereocenters. The second kappa shape index (κ2) is 9.19. The Morgan fingerprint density at radius 1 is 0.778 bits per heavy atom. The van der Waals surface area contributed by atoms with Gasteiger partial charge in [-0.1, -0.05) is 67.2 Å². The number of ether oxygens (including phenoxy) is 1. The molecule has 1 unspecified atom stereocenters. The van der Waals surface area contributed by atoms with Crippen molar-refractivity contribution in [1.29, 1.82) is 0 Å². The van der Waals surface area contributed by atoms with Gasteiger partial charge in [-0.25, -0.2) is 4.79 Å². The van der Waals surface area contributed by atoms with Crippen LogP contribution in [0.2, 0.25) is 0 Å². The number of benzene rings is 3. The third-order valence-electron chi connectivity index (χ3n) is 4.04. The van der Waals surface area contributed by atoms with Crippen LogP contribution in [0.5, 0.6) is 0 Å². The van der Waals surface area contributed by atoms with E-state index in [2.05, 4.69) is 0 Å². The minimum atomic E-state index is -0.787. The minimum absolute atomic E-state index is 0.182. The minimum Gasteiger partial charge on any atom is -0.450 e. The van der Waals surface area contributed by atoms with Crippen molar-refractivity contribution in [2.24, 2.45) is 0 Å². The largest absolute Gasteiger partial charge is 0.450 e. The molecule has 0 radical (unpaired) electrons. The molecule has 0 N–H and O–H groups in total. The van der Waals surface area contributed by atoms with Gasteiger partial charge in [0.05, 0.1) is 5.56 Å². The molecular weight excluding hydrogens is 356 g/mol. The van der Waals surface area contributed by atoms with Crippen LogP contribution >= 0.6 is 11.8 Å². The molecular formula is C23H20O3S. The lowest BCUT2D eigenvalue weighted by Crippen LogP contribution is -2.26. The Bertz CT molecular complexity index is 890. The number of carbonyl (C=O) groups excluding carboxylic acids is 2. The Morgan fingerprint density at radius 2 is 1.33 bits per heavy atom. The highest BCUT2D eigenvalue weighted by molar-refractivity contribution is 7.99. The lowest BCUT2D eigenvalue weighted by Gasteiger charge is -2.15. The van der Waals surface area contributed by atoms with Gasteiger partial charge in [-0.05, 0) is 42.8 Å². The lowest BCUT2D eigenvalue weighted by atomic mass is 10.0. The first-order valence-corrected chi connectivity index (χ1v) is 9.62. The van der Waals surface area contributed by atoms with Gasteiger partial charge in [0.1, 0.15) is 0 Å². The van der Waals surface area contributed by atoms with E-state index in [4.69, 9.17) is 4.74 Å². The highest BCUT2D eigenvalue weighted by Gasteiger charge is 2.23. The first-order chi connectivity index (χ1) is 13.2. The van der Waals surface area contributed by atoms with Crippen molar-refractivity contribution in [3.8, 4) is 0 Å². The maximum Gasteiger partial charge on any atom is 0.338 e. The molecule has 0 aliphatic carbocycles. The van der Waals surface area contributed by atoms with E-state index in [-0.39, 0.29) is 5.78 Å². The molecule has 0 spiro atoms. The molecule has 0 aliphatic rings. The van der Waals surface area contributed by atoms with E-state index < -0.39 is 12.1 Å². The molecule has 3 aromatic carbocycles. The van der Waals surface area contributed by atoms with E-state index in [1.807, 2.05) is 55.5 Å². The fourth-order valence-corrected chi connectivity index (χ4v) is 3.43. The van der Waals surface area contributed by atoms with Gasteiger partial charge in [0.2, 0.25) is 5.78 Å². The van der Waals surface area contributed by atoms with Crippen molar-refractivity contribution in [3.05, 3.63) is 96.1 Å². The van der Waals surface area contributed by atoms with Crippen LogP contribution in [0, 0.1) is 0 Å². The summed E-state index contributed by atoms with van der Waals surface area (Å²) in [6.45, 7) is 1.83. The van der Waals surface area contributed by atoms with Crippen LogP contribution in [0.4, 0.5) is 0 Å². The van der Waals surface area contributed by atoms with Gasteiger partial charge in [0.15, 0.2) is 6.10 Å². The fraction of sp³-hybridized carbons (Fsp3) is 0.130. The van der Waals surface area contributed by atoms with Gasteiger partial charge in [0.25, 0.3) is 0 Å². The van der Waals surface area contributed by atoms with Crippen molar-refractivity contribution in [3.63, 3.8) is 0 Å². The summed E-state index contributed by atoms with van der Waals surface area (Å²) in [6, 6.07) is 26.2. The highest BCUT2D eigenvalue weighted by Crippen LogP contribution is 2.27. The van der Waals surface area contributed by atoms with Gasteiger partial charge < -0.3 is 4.74 Å². The molecule has 27 heavy (non-hydrogen) atoms. The number of rotatable bonds is 7. The summed E-state index contributed by atoms with van der Waals surface area (Å²) in [5.41, 5.74) is 0.985. The molecule has 0 saturated heterocycles. The second-order valence-electron chi connectivity index (χ2n) is 5.97. The van der Waals surface area contributed by atoms with Crippen LogP contribution in [0.15, 0.2) is 94.7 Å². The van der Waals surface area contributed by atoms with Crippen LogP contribution in [0.3, 0.4) is 0 Å². The third-order valence-corrected chi connectivity index (χ3v) is 5.06. The summed E-state index contributed by atoms with van der Waals surface area (Å²) in [7, 11) is 0. The Balaban J connectivity index is 1.67. The summed E-state index contributed by atoms with van der Waals surface area (Å²) >= 11 is 1.63. The Morgan fingerprint density at radius 3 is 1.93 bits per heavy atom. The third kappa shape index (κ3) is 5.08. The number of hydrogen-bond acceptors (Lipinski definition) is 4. The van der Waals surface area contributed by atoms with Gasteiger partial charge in [-0.3, -0.25) is 4.79 Å². The maximum absolute atomic E-state index is 12.7. The monoisotopic (exact) mass is 376 g/mol. The van der Waals surface area contributed by atoms with Crippen molar-refractivity contribution in [2.45, 2.75) is 29.2 Å². The first kappa shape index (κ1) is 18.9. The zero-order valence-corrected chi connectivity index (χ0v) is 15.8.